The van der Waals surface area contributed by atoms with Crippen LogP contribution in [0.25, 0.3) is 0 Å². The van der Waals surface area contributed by atoms with E-state index in [1.165, 1.54) is 12.1 Å². The zero-order valence-corrected chi connectivity index (χ0v) is 14.0. The molecule has 2 aliphatic heterocycles. The summed E-state index contributed by atoms with van der Waals surface area (Å²) in [6, 6.07) is 9.36. The summed E-state index contributed by atoms with van der Waals surface area (Å²) in [6.07, 6.45) is 3.45. The number of carbonyl (C=O) groups is 2. The number of aromatic nitrogens is 1. The van der Waals surface area contributed by atoms with Gasteiger partial charge in [-0.25, -0.2) is 4.39 Å². The maximum atomic E-state index is 13.0. The first kappa shape index (κ1) is 16.5. The Morgan fingerprint density at radius 2 is 1.92 bits per heavy atom. The van der Waals surface area contributed by atoms with Crippen molar-refractivity contribution in [2.75, 3.05) is 24.5 Å². The highest BCUT2D eigenvalue weighted by atomic mass is 19.1. The highest BCUT2D eigenvalue weighted by molar-refractivity contribution is 6.00. The SMILES string of the molecule is O=C(C1CC(=O)N(c2ccc(F)cc2)C1)N1CC(Oc2cccnc2)C1. The van der Waals surface area contributed by atoms with Crippen molar-refractivity contribution in [1.29, 1.82) is 0 Å². The molecule has 0 N–H and O–H groups in total. The third-order valence-electron chi connectivity index (χ3n) is 4.71. The number of carbonyl (C=O) groups excluding carboxylic acids is 2. The average molecular weight is 355 g/mol. The van der Waals surface area contributed by atoms with Crippen LogP contribution in [0.1, 0.15) is 6.42 Å². The van der Waals surface area contributed by atoms with Crippen LogP contribution in [0.2, 0.25) is 0 Å². The molecule has 0 bridgehead atoms. The van der Waals surface area contributed by atoms with Crippen LogP contribution in [0.4, 0.5) is 10.1 Å². The fourth-order valence-corrected chi connectivity index (χ4v) is 3.30. The van der Waals surface area contributed by atoms with E-state index in [1.54, 1.807) is 40.4 Å². The normalized spacial score (nSPS) is 20.2. The van der Waals surface area contributed by atoms with Crippen molar-refractivity contribution >= 4 is 17.5 Å². The van der Waals surface area contributed by atoms with Gasteiger partial charge in [-0.05, 0) is 36.4 Å². The number of rotatable bonds is 4. The number of benzene rings is 1. The summed E-state index contributed by atoms with van der Waals surface area (Å²) in [4.78, 5) is 32.1. The van der Waals surface area contributed by atoms with Gasteiger partial charge in [0.05, 0.1) is 25.2 Å². The van der Waals surface area contributed by atoms with E-state index in [0.29, 0.717) is 31.1 Å². The molecule has 1 aromatic heterocycles. The largest absolute Gasteiger partial charge is 0.485 e. The third kappa shape index (κ3) is 3.24. The molecule has 0 saturated carbocycles. The summed E-state index contributed by atoms with van der Waals surface area (Å²) in [5.74, 6) is -0.184. The van der Waals surface area contributed by atoms with Gasteiger partial charge in [0.25, 0.3) is 0 Å². The maximum absolute atomic E-state index is 13.0. The fraction of sp³-hybridized carbons (Fsp3) is 0.316. The second-order valence-corrected chi connectivity index (χ2v) is 6.55. The molecule has 134 valence electrons. The number of likely N-dealkylation sites (tertiary alicyclic amines) is 1. The lowest BCUT2D eigenvalue weighted by Gasteiger charge is -2.40. The summed E-state index contributed by atoms with van der Waals surface area (Å²) in [7, 11) is 0. The van der Waals surface area contributed by atoms with Gasteiger partial charge in [0, 0.05) is 24.8 Å². The fourth-order valence-electron chi connectivity index (χ4n) is 3.30. The van der Waals surface area contributed by atoms with Crippen molar-refractivity contribution in [2.45, 2.75) is 12.5 Å². The third-order valence-corrected chi connectivity index (χ3v) is 4.71. The van der Waals surface area contributed by atoms with Crippen LogP contribution in [0, 0.1) is 11.7 Å². The molecular formula is C19H18FN3O3. The lowest BCUT2D eigenvalue weighted by molar-refractivity contribution is -0.144. The lowest BCUT2D eigenvalue weighted by Crippen LogP contribution is -2.57. The van der Waals surface area contributed by atoms with Crippen molar-refractivity contribution in [1.82, 2.24) is 9.88 Å². The topological polar surface area (TPSA) is 62.7 Å². The Kier molecular flexibility index (Phi) is 4.28. The molecule has 26 heavy (non-hydrogen) atoms. The second kappa shape index (κ2) is 6.74. The predicted molar refractivity (Wildman–Crippen MR) is 92.1 cm³/mol. The van der Waals surface area contributed by atoms with E-state index in [9.17, 15) is 14.0 Å². The lowest BCUT2D eigenvalue weighted by atomic mass is 10.0. The monoisotopic (exact) mass is 355 g/mol. The molecule has 2 fully saturated rings. The van der Waals surface area contributed by atoms with E-state index in [-0.39, 0.29) is 36.1 Å². The van der Waals surface area contributed by atoms with Crippen LogP contribution in [-0.2, 0) is 9.59 Å². The first-order chi connectivity index (χ1) is 12.6. The molecule has 2 aliphatic rings. The summed E-state index contributed by atoms with van der Waals surface area (Å²) in [5, 5.41) is 0. The van der Waals surface area contributed by atoms with Gasteiger partial charge < -0.3 is 14.5 Å². The van der Waals surface area contributed by atoms with Crippen molar-refractivity contribution in [3.63, 3.8) is 0 Å². The van der Waals surface area contributed by atoms with Crippen LogP contribution in [-0.4, -0.2) is 47.4 Å². The number of pyridine rings is 1. The van der Waals surface area contributed by atoms with Gasteiger partial charge in [0.1, 0.15) is 17.7 Å². The standard InChI is InChI=1S/C19H18FN3O3/c20-14-3-5-15(6-4-14)23-10-13(8-18(23)24)19(25)22-11-17(12-22)26-16-2-1-7-21-9-16/h1-7,9,13,17H,8,10-12H2. The average Bonchev–Trinajstić information content (AvgIpc) is 3.01. The van der Waals surface area contributed by atoms with Crippen LogP contribution >= 0.6 is 0 Å². The molecule has 1 aromatic carbocycles. The molecule has 7 heteroatoms. The Balaban J connectivity index is 1.32. The number of halogens is 1. The van der Waals surface area contributed by atoms with Crippen molar-refractivity contribution in [3.05, 3.63) is 54.6 Å². The van der Waals surface area contributed by atoms with E-state index in [1.807, 2.05) is 6.07 Å². The molecule has 3 heterocycles. The quantitative estimate of drug-likeness (QED) is 0.840. The van der Waals surface area contributed by atoms with Gasteiger partial charge >= 0.3 is 0 Å². The highest BCUT2D eigenvalue weighted by Crippen LogP contribution is 2.28. The minimum absolute atomic E-state index is 0.0333. The Hall–Kier alpha value is -2.96. The smallest absolute Gasteiger partial charge is 0.228 e. The van der Waals surface area contributed by atoms with Gasteiger partial charge in [0.2, 0.25) is 11.8 Å². The molecule has 0 spiro atoms. The van der Waals surface area contributed by atoms with Gasteiger partial charge in [-0.15, -0.1) is 0 Å². The molecule has 4 rings (SSSR count). The Bertz CT molecular complexity index is 807. The van der Waals surface area contributed by atoms with Gasteiger partial charge in [-0.2, -0.15) is 0 Å². The minimum Gasteiger partial charge on any atom is -0.485 e. The Morgan fingerprint density at radius 1 is 1.15 bits per heavy atom. The van der Waals surface area contributed by atoms with Gasteiger partial charge in [-0.3, -0.25) is 14.6 Å². The Morgan fingerprint density at radius 3 is 2.62 bits per heavy atom. The summed E-state index contributed by atoms with van der Waals surface area (Å²) < 4.78 is 18.8. The van der Waals surface area contributed by atoms with E-state index >= 15 is 0 Å². The zero-order chi connectivity index (χ0) is 18.1. The van der Waals surface area contributed by atoms with Crippen molar-refractivity contribution in [3.8, 4) is 5.75 Å². The molecule has 1 unspecified atom stereocenters. The molecule has 1 atom stereocenters. The first-order valence-corrected chi connectivity index (χ1v) is 8.51. The number of anilines is 1. The van der Waals surface area contributed by atoms with Crippen molar-refractivity contribution < 1.29 is 18.7 Å². The number of nitrogens with zero attached hydrogens (tertiary/aromatic N) is 3. The number of amides is 2. The van der Waals surface area contributed by atoms with Gasteiger partial charge in [-0.1, -0.05) is 0 Å². The summed E-state index contributed by atoms with van der Waals surface area (Å²) >= 11 is 0. The molecular weight excluding hydrogens is 337 g/mol. The van der Waals surface area contributed by atoms with Crippen LogP contribution in [0.3, 0.4) is 0 Å². The molecule has 2 amide bonds. The van der Waals surface area contributed by atoms with Crippen molar-refractivity contribution in [2.24, 2.45) is 5.92 Å². The predicted octanol–water partition coefficient (Wildman–Crippen LogP) is 1.86. The Labute approximate surface area is 150 Å². The zero-order valence-electron chi connectivity index (χ0n) is 14.0. The minimum atomic E-state index is -0.369. The second-order valence-electron chi connectivity index (χ2n) is 6.55. The van der Waals surface area contributed by atoms with E-state index in [0.717, 1.165) is 0 Å². The summed E-state index contributed by atoms with van der Waals surface area (Å²) in [5.41, 5.74) is 0.619. The number of ether oxygens (including phenoxy) is 1. The first-order valence-electron chi connectivity index (χ1n) is 8.51. The molecule has 0 radical (unpaired) electrons. The summed E-state index contributed by atoms with van der Waals surface area (Å²) in [6.45, 7) is 1.35. The van der Waals surface area contributed by atoms with Crippen LogP contribution < -0.4 is 9.64 Å². The molecule has 2 saturated heterocycles. The molecule has 0 aliphatic carbocycles. The van der Waals surface area contributed by atoms with E-state index < -0.39 is 0 Å². The number of hydrogen-bond donors (Lipinski definition) is 0. The highest BCUT2D eigenvalue weighted by Gasteiger charge is 2.41. The van der Waals surface area contributed by atoms with E-state index in [4.69, 9.17) is 4.74 Å². The van der Waals surface area contributed by atoms with E-state index in [2.05, 4.69) is 4.98 Å². The maximum Gasteiger partial charge on any atom is 0.228 e. The van der Waals surface area contributed by atoms with Gasteiger partial charge in [0.15, 0.2) is 0 Å². The molecule has 6 nitrogen and oxygen atoms in total. The number of hydrogen-bond acceptors (Lipinski definition) is 4. The molecule has 2 aromatic rings. The van der Waals surface area contributed by atoms with Crippen LogP contribution in [0.15, 0.2) is 48.8 Å². The van der Waals surface area contributed by atoms with Crippen LogP contribution in [0.5, 0.6) is 5.75 Å².